The molecule has 6 nitrogen and oxygen atoms in total. The number of nitrogens with one attached hydrogen (secondary N) is 1. The average molecular weight is 413 g/mol. The molecule has 0 radical (unpaired) electrons. The Morgan fingerprint density at radius 3 is 2.66 bits per heavy atom. The van der Waals surface area contributed by atoms with E-state index < -0.39 is 0 Å². The minimum Gasteiger partial charge on any atom is -0.342 e. The van der Waals surface area contributed by atoms with Gasteiger partial charge in [0.05, 0.1) is 0 Å². The molecule has 1 saturated heterocycles. The molecule has 7 heteroatoms. The molecule has 1 atom stereocenters. The number of aryl methyl sites for hydroxylation is 1. The Balaban J connectivity index is 1.40. The van der Waals surface area contributed by atoms with Gasteiger partial charge in [0, 0.05) is 30.6 Å². The fourth-order valence-corrected chi connectivity index (χ4v) is 5.23. The SMILES string of the molecule is Cc1ccccc1NC(=O)c1nnc([C@H]2CCCN(C(=O)C3CCCCC3)C2)s1. The average Bonchev–Trinajstić information content (AvgIpc) is 3.26. The molecule has 1 aliphatic carbocycles. The summed E-state index contributed by atoms with van der Waals surface area (Å²) in [5.74, 6) is 0.464. The molecular formula is C22H28N4O2S. The van der Waals surface area contributed by atoms with Gasteiger partial charge in [0.15, 0.2) is 0 Å². The van der Waals surface area contributed by atoms with Crippen molar-refractivity contribution < 1.29 is 9.59 Å². The summed E-state index contributed by atoms with van der Waals surface area (Å²) in [6.45, 7) is 3.50. The van der Waals surface area contributed by atoms with Gasteiger partial charge in [0.1, 0.15) is 5.01 Å². The number of para-hydroxylation sites is 1. The monoisotopic (exact) mass is 412 g/mol. The summed E-state index contributed by atoms with van der Waals surface area (Å²) in [6, 6.07) is 7.68. The standard InChI is InChI=1S/C22H28N4O2S/c1-15-8-5-6-12-18(15)23-19(27)21-25-24-20(29-21)17-11-7-13-26(14-17)22(28)16-9-3-2-4-10-16/h5-6,8,12,16-17H,2-4,7,9-11,13-14H2,1H3,(H,23,27)/t17-/m0/s1. The van der Waals surface area contributed by atoms with Gasteiger partial charge >= 0.3 is 0 Å². The zero-order valence-electron chi connectivity index (χ0n) is 16.9. The molecule has 29 heavy (non-hydrogen) atoms. The number of nitrogens with zero attached hydrogens (tertiary/aromatic N) is 3. The molecule has 0 spiro atoms. The molecular weight excluding hydrogens is 384 g/mol. The Bertz CT molecular complexity index is 875. The molecule has 1 aromatic carbocycles. The highest BCUT2D eigenvalue weighted by molar-refractivity contribution is 7.13. The van der Waals surface area contributed by atoms with Gasteiger partial charge < -0.3 is 10.2 Å². The van der Waals surface area contributed by atoms with Crippen LogP contribution in [0.5, 0.6) is 0 Å². The third kappa shape index (κ3) is 4.66. The number of likely N-dealkylation sites (tertiary alicyclic amines) is 1. The summed E-state index contributed by atoms with van der Waals surface area (Å²) >= 11 is 1.35. The maximum atomic E-state index is 12.9. The predicted octanol–water partition coefficient (Wildman–Crippen LogP) is 4.39. The first-order valence-electron chi connectivity index (χ1n) is 10.6. The van der Waals surface area contributed by atoms with Crippen LogP contribution in [-0.4, -0.2) is 40.0 Å². The zero-order valence-corrected chi connectivity index (χ0v) is 17.7. The van der Waals surface area contributed by atoms with E-state index in [1.807, 2.05) is 36.1 Å². The van der Waals surface area contributed by atoms with Crippen molar-refractivity contribution in [3.8, 4) is 0 Å². The summed E-state index contributed by atoms with van der Waals surface area (Å²) < 4.78 is 0. The van der Waals surface area contributed by atoms with E-state index in [0.717, 1.165) is 48.5 Å². The third-order valence-corrected chi connectivity index (χ3v) is 7.15. The van der Waals surface area contributed by atoms with E-state index in [1.54, 1.807) is 0 Å². The number of piperidine rings is 1. The van der Waals surface area contributed by atoms with Gasteiger partial charge in [-0.05, 0) is 44.2 Å². The summed E-state index contributed by atoms with van der Waals surface area (Å²) in [6.07, 6.45) is 7.62. The molecule has 1 N–H and O–H groups in total. The molecule has 2 aliphatic rings. The largest absolute Gasteiger partial charge is 0.342 e. The van der Waals surface area contributed by atoms with Gasteiger partial charge in [0.2, 0.25) is 10.9 Å². The van der Waals surface area contributed by atoms with Crippen molar-refractivity contribution in [1.82, 2.24) is 15.1 Å². The minimum atomic E-state index is -0.228. The quantitative estimate of drug-likeness (QED) is 0.808. The van der Waals surface area contributed by atoms with Crippen LogP contribution in [0.1, 0.15) is 71.2 Å². The second-order valence-corrected chi connectivity index (χ2v) is 9.18. The Labute approximate surface area is 175 Å². The molecule has 2 heterocycles. The van der Waals surface area contributed by atoms with E-state index in [9.17, 15) is 9.59 Å². The number of aromatic nitrogens is 2. The minimum absolute atomic E-state index is 0.175. The molecule has 2 fully saturated rings. The second-order valence-electron chi connectivity index (χ2n) is 8.17. The van der Waals surface area contributed by atoms with Crippen molar-refractivity contribution in [1.29, 1.82) is 0 Å². The third-order valence-electron chi connectivity index (χ3n) is 6.06. The van der Waals surface area contributed by atoms with Crippen LogP contribution in [-0.2, 0) is 4.79 Å². The van der Waals surface area contributed by atoms with Gasteiger partial charge in [-0.2, -0.15) is 0 Å². The first-order chi connectivity index (χ1) is 14.1. The van der Waals surface area contributed by atoms with Crippen LogP contribution in [0.25, 0.3) is 0 Å². The molecule has 1 saturated carbocycles. The molecule has 2 amide bonds. The van der Waals surface area contributed by atoms with Gasteiger partial charge in [0.25, 0.3) is 5.91 Å². The fourth-order valence-electron chi connectivity index (χ4n) is 4.37. The number of benzene rings is 1. The lowest BCUT2D eigenvalue weighted by Gasteiger charge is -2.35. The number of amides is 2. The van der Waals surface area contributed by atoms with E-state index in [2.05, 4.69) is 15.5 Å². The molecule has 0 unspecified atom stereocenters. The summed E-state index contributed by atoms with van der Waals surface area (Å²) in [5, 5.41) is 12.6. The van der Waals surface area contributed by atoms with Gasteiger partial charge in [-0.1, -0.05) is 48.8 Å². The zero-order chi connectivity index (χ0) is 20.2. The lowest BCUT2D eigenvalue weighted by molar-refractivity contribution is -0.137. The van der Waals surface area contributed by atoms with Crippen LogP contribution in [0.3, 0.4) is 0 Å². The lowest BCUT2D eigenvalue weighted by Crippen LogP contribution is -2.42. The van der Waals surface area contributed by atoms with Crippen molar-refractivity contribution in [2.75, 3.05) is 18.4 Å². The van der Waals surface area contributed by atoms with Crippen LogP contribution in [0.2, 0.25) is 0 Å². The molecule has 1 aromatic heterocycles. The summed E-state index contributed by atoms with van der Waals surface area (Å²) in [5.41, 5.74) is 1.80. The van der Waals surface area contributed by atoms with Crippen molar-refractivity contribution >= 4 is 28.8 Å². The van der Waals surface area contributed by atoms with E-state index in [0.29, 0.717) is 17.5 Å². The Morgan fingerprint density at radius 1 is 1.07 bits per heavy atom. The fraction of sp³-hybridized carbons (Fsp3) is 0.545. The Morgan fingerprint density at radius 2 is 1.86 bits per heavy atom. The highest BCUT2D eigenvalue weighted by Crippen LogP contribution is 2.32. The number of carbonyl (C=O) groups is 2. The highest BCUT2D eigenvalue weighted by atomic mass is 32.1. The Hall–Kier alpha value is -2.28. The van der Waals surface area contributed by atoms with Gasteiger partial charge in [-0.15, -0.1) is 10.2 Å². The first-order valence-corrected chi connectivity index (χ1v) is 11.4. The van der Waals surface area contributed by atoms with E-state index in [1.165, 1.54) is 30.6 Å². The molecule has 4 rings (SSSR count). The smallest absolute Gasteiger partial charge is 0.286 e. The number of rotatable bonds is 4. The van der Waals surface area contributed by atoms with Crippen molar-refractivity contribution in [2.24, 2.45) is 5.92 Å². The number of anilines is 1. The van der Waals surface area contributed by atoms with E-state index in [4.69, 9.17) is 0 Å². The maximum Gasteiger partial charge on any atom is 0.286 e. The van der Waals surface area contributed by atoms with Gasteiger partial charge in [-0.25, -0.2) is 0 Å². The van der Waals surface area contributed by atoms with Crippen molar-refractivity contribution in [3.05, 3.63) is 39.8 Å². The van der Waals surface area contributed by atoms with Crippen LogP contribution in [0.4, 0.5) is 5.69 Å². The molecule has 2 aromatic rings. The predicted molar refractivity (Wildman–Crippen MR) is 114 cm³/mol. The van der Waals surface area contributed by atoms with Gasteiger partial charge in [-0.3, -0.25) is 9.59 Å². The number of hydrogen-bond donors (Lipinski definition) is 1. The van der Waals surface area contributed by atoms with Crippen molar-refractivity contribution in [3.63, 3.8) is 0 Å². The number of hydrogen-bond acceptors (Lipinski definition) is 5. The maximum absolute atomic E-state index is 12.9. The van der Waals surface area contributed by atoms with Crippen molar-refractivity contribution in [2.45, 2.75) is 57.8 Å². The van der Waals surface area contributed by atoms with Crippen LogP contribution in [0.15, 0.2) is 24.3 Å². The number of carbonyl (C=O) groups excluding carboxylic acids is 2. The molecule has 0 bridgehead atoms. The first kappa shape index (κ1) is 20.0. The van der Waals surface area contributed by atoms with Crippen LogP contribution >= 0.6 is 11.3 Å². The second kappa shape index (κ2) is 9.03. The van der Waals surface area contributed by atoms with E-state index in [-0.39, 0.29) is 17.7 Å². The van der Waals surface area contributed by atoms with Crippen LogP contribution in [0, 0.1) is 12.8 Å². The topological polar surface area (TPSA) is 75.2 Å². The summed E-state index contributed by atoms with van der Waals surface area (Å²) in [4.78, 5) is 27.5. The lowest BCUT2D eigenvalue weighted by atomic mass is 9.87. The molecule has 1 aliphatic heterocycles. The normalized spacial score (nSPS) is 20.4. The Kier molecular flexibility index (Phi) is 6.23. The highest BCUT2D eigenvalue weighted by Gasteiger charge is 2.32. The summed E-state index contributed by atoms with van der Waals surface area (Å²) in [7, 11) is 0. The van der Waals surface area contributed by atoms with E-state index >= 15 is 0 Å². The van der Waals surface area contributed by atoms with Crippen LogP contribution < -0.4 is 5.32 Å². The molecule has 154 valence electrons.